The lowest BCUT2D eigenvalue weighted by molar-refractivity contribution is 0.432. The van der Waals surface area contributed by atoms with Crippen LogP contribution in [0.5, 0.6) is 0 Å². The van der Waals surface area contributed by atoms with Crippen molar-refractivity contribution in [1.82, 2.24) is 10.1 Å². The van der Waals surface area contributed by atoms with Gasteiger partial charge in [-0.15, -0.1) is 0 Å². The molecule has 0 aliphatic heterocycles. The average Bonchev–Trinajstić information content (AvgIpc) is 3.00. The summed E-state index contributed by atoms with van der Waals surface area (Å²) >= 11 is 9.37. The molecule has 0 aliphatic carbocycles. The molecule has 106 valence electrons. The molecule has 0 saturated heterocycles. The van der Waals surface area contributed by atoms with Crippen molar-refractivity contribution < 1.29 is 4.52 Å². The summed E-state index contributed by atoms with van der Waals surface area (Å²) in [4.78, 5) is 4.41. The monoisotopic (exact) mass is 363 g/mol. The maximum atomic E-state index is 5.98. The van der Waals surface area contributed by atoms with E-state index in [2.05, 4.69) is 31.4 Å². The van der Waals surface area contributed by atoms with Crippen LogP contribution in [0, 0.1) is 0 Å². The maximum Gasteiger partial charge on any atom is 0.258 e. The zero-order chi connectivity index (χ0) is 14.8. The minimum atomic E-state index is 0.485. The molecular weight excluding hydrogens is 354 g/mol. The van der Waals surface area contributed by atoms with Gasteiger partial charge in [0, 0.05) is 28.3 Å². The lowest BCUT2D eigenvalue weighted by Crippen LogP contribution is -1.87. The Bertz CT molecular complexity index is 771. The molecule has 21 heavy (non-hydrogen) atoms. The van der Waals surface area contributed by atoms with Gasteiger partial charge in [0.2, 0.25) is 5.82 Å². The summed E-state index contributed by atoms with van der Waals surface area (Å²) in [6, 6.07) is 13.3. The molecule has 0 amide bonds. The molecule has 0 atom stereocenters. The number of nitrogens with one attached hydrogen (secondary N) is 1. The summed E-state index contributed by atoms with van der Waals surface area (Å²) in [6.45, 7) is 0. The zero-order valence-electron chi connectivity index (χ0n) is 11.1. The zero-order valence-corrected chi connectivity index (χ0v) is 13.4. The van der Waals surface area contributed by atoms with Crippen molar-refractivity contribution in [1.29, 1.82) is 0 Å². The molecule has 1 heterocycles. The molecule has 3 aromatic rings. The van der Waals surface area contributed by atoms with Crippen molar-refractivity contribution in [3.8, 4) is 22.8 Å². The predicted octanol–water partition coefficient (Wildman–Crippen LogP) is 4.86. The molecular formula is C15H11BrClN3O. The molecule has 0 fully saturated rings. The van der Waals surface area contributed by atoms with E-state index in [1.165, 1.54) is 0 Å². The molecule has 2 aromatic carbocycles. The third-order valence-corrected chi connectivity index (χ3v) is 4.24. The van der Waals surface area contributed by atoms with Crippen LogP contribution in [0.2, 0.25) is 5.02 Å². The van der Waals surface area contributed by atoms with Gasteiger partial charge in [-0.05, 0) is 58.4 Å². The number of aromatic nitrogens is 2. The highest BCUT2D eigenvalue weighted by Gasteiger charge is 2.11. The third kappa shape index (κ3) is 2.94. The van der Waals surface area contributed by atoms with Crippen molar-refractivity contribution in [2.24, 2.45) is 0 Å². The number of hydrogen-bond acceptors (Lipinski definition) is 4. The number of benzene rings is 2. The Morgan fingerprint density at radius 1 is 1.10 bits per heavy atom. The van der Waals surface area contributed by atoms with Gasteiger partial charge < -0.3 is 9.84 Å². The molecule has 0 saturated carbocycles. The van der Waals surface area contributed by atoms with Gasteiger partial charge in [-0.3, -0.25) is 0 Å². The lowest BCUT2D eigenvalue weighted by atomic mass is 10.2. The standard InChI is InChI=1S/C15H11BrClN3O/c1-18-11-5-2-9(3-6-11)15-19-14(20-21-15)10-4-7-13(17)12(16)8-10/h2-8,18H,1H3. The SMILES string of the molecule is CNc1ccc(-c2nc(-c3ccc(Cl)c(Br)c3)no2)cc1. The first kappa shape index (κ1) is 14.1. The van der Waals surface area contributed by atoms with Crippen molar-refractivity contribution in [2.45, 2.75) is 0 Å². The first-order valence-corrected chi connectivity index (χ1v) is 7.42. The van der Waals surface area contributed by atoms with E-state index in [-0.39, 0.29) is 0 Å². The highest BCUT2D eigenvalue weighted by atomic mass is 79.9. The summed E-state index contributed by atoms with van der Waals surface area (Å²) in [6.07, 6.45) is 0. The van der Waals surface area contributed by atoms with Gasteiger partial charge in [0.05, 0.1) is 5.02 Å². The summed E-state index contributed by atoms with van der Waals surface area (Å²) < 4.78 is 6.12. The second-order valence-electron chi connectivity index (χ2n) is 4.38. The van der Waals surface area contributed by atoms with Gasteiger partial charge in [0.1, 0.15) is 0 Å². The van der Waals surface area contributed by atoms with E-state index >= 15 is 0 Å². The van der Waals surface area contributed by atoms with Gasteiger partial charge in [-0.1, -0.05) is 16.8 Å². The Kier molecular flexibility index (Phi) is 3.94. The Morgan fingerprint density at radius 2 is 1.81 bits per heavy atom. The van der Waals surface area contributed by atoms with Crippen LogP contribution >= 0.6 is 27.5 Å². The van der Waals surface area contributed by atoms with Crippen LogP contribution in [0.4, 0.5) is 5.69 Å². The van der Waals surface area contributed by atoms with Crippen molar-refractivity contribution in [2.75, 3.05) is 12.4 Å². The Morgan fingerprint density at radius 3 is 2.48 bits per heavy atom. The maximum absolute atomic E-state index is 5.98. The lowest BCUT2D eigenvalue weighted by Gasteiger charge is -1.99. The van der Waals surface area contributed by atoms with E-state index in [1.54, 1.807) is 6.07 Å². The Balaban J connectivity index is 1.93. The third-order valence-electron chi connectivity index (χ3n) is 3.02. The molecule has 0 spiro atoms. The van der Waals surface area contributed by atoms with Crippen LogP contribution in [0.3, 0.4) is 0 Å². The second kappa shape index (κ2) is 5.87. The molecule has 0 aliphatic rings. The van der Waals surface area contributed by atoms with Crippen LogP contribution in [0.1, 0.15) is 0 Å². The van der Waals surface area contributed by atoms with E-state index in [0.29, 0.717) is 16.7 Å². The normalized spacial score (nSPS) is 10.6. The average molecular weight is 365 g/mol. The number of anilines is 1. The first-order chi connectivity index (χ1) is 10.2. The molecule has 0 radical (unpaired) electrons. The van der Waals surface area contributed by atoms with E-state index in [0.717, 1.165) is 21.3 Å². The highest BCUT2D eigenvalue weighted by Crippen LogP contribution is 2.29. The van der Waals surface area contributed by atoms with E-state index in [4.69, 9.17) is 16.1 Å². The minimum Gasteiger partial charge on any atom is -0.388 e. The van der Waals surface area contributed by atoms with Gasteiger partial charge in [-0.25, -0.2) is 0 Å². The fourth-order valence-corrected chi connectivity index (χ4v) is 2.37. The predicted molar refractivity (Wildman–Crippen MR) is 87.4 cm³/mol. The van der Waals surface area contributed by atoms with Crippen molar-refractivity contribution in [3.63, 3.8) is 0 Å². The molecule has 0 bridgehead atoms. The highest BCUT2D eigenvalue weighted by molar-refractivity contribution is 9.10. The van der Waals surface area contributed by atoms with E-state index in [1.807, 2.05) is 43.4 Å². The van der Waals surface area contributed by atoms with Gasteiger partial charge in [0.15, 0.2) is 0 Å². The van der Waals surface area contributed by atoms with Crippen LogP contribution in [0.15, 0.2) is 51.5 Å². The fourth-order valence-electron chi connectivity index (χ4n) is 1.87. The smallest absolute Gasteiger partial charge is 0.258 e. The van der Waals surface area contributed by atoms with E-state index < -0.39 is 0 Å². The second-order valence-corrected chi connectivity index (χ2v) is 5.64. The summed E-state index contributed by atoms with van der Waals surface area (Å²) in [5, 5.41) is 7.72. The van der Waals surface area contributed by atoms with E-state index in [9.17, 15) is 0 Å². The molecule has 3 rings (SSSR count). The number of hydrogen-bond donors (Lipinski definition) is 1. The number of nitrogens with zero attached hydrogens (tertiary/aromatic N) is 2. The molecule has 0 unspecified atom stereocenters. The van der Waals surface area contributed by atoms with Crippen molar-refractivity contribution >= 4 is 33.2 Å². The number of halogens is 2. The van der Waals surface area contributed by atoms with Crippen LogP contribution in [-0.4, -0.2) is 17.2 Å². The molecule has 1 aromatic heterocycles. The van der Waals surface area contributed by atoms with Crippen LogP contribution < -0.4 is 5.32 Å². The Labute approximate surface area is 135 Å². The van der Waals surface area contributed by atoms with Gasteiger partial charge in [0.25, 0.3) is 5.89 Å². The first-order valence-electron chi connectivity index (χ1n) is 6.24. The van der Waals surface area contributed by atoms with Crippen molar-refractivity contribution in [3.05, 3.63) is 52.0 Å². The van der Waals surface area contributed by atoms with Gasteiger partial charge >= 0.3 is 0 Å². The fraction of sp³-hybridized carbons (Fsp3) is 0.0667. The summed E-state index contributed by atoms with van der Waals surface area (Å²) in [7, 11) is 1.87. The van der Waals surface area contributed by atoms with Crippen LogP contribution in [-0.2, 0) is 0 Å². The summed E-state index contributed by atoms with van der Waals surface area (Å²) in [5.41, 5.74) is 2.74. The minimum absolute atomic E-state index is 0.485. The largest absolute Gasteiger partial charge is 0.388 e. The Hall–Kier alpha value is -1.85. The molecule has 6 heteroatoms. The number of rotatable bonds is 3. The quantitative estimate of drug-likeness (QED) is 0.721. The van der Waals surface area contributed by atoms with Crippen LogP contribution in [0.25, 0.3) is 22.8 Å². The summed E-state index contributed by atoms with van der Waals surface area (Å²) in [5.74, 6) is 1.01. The topological polar surface area (TPSA) is 51.0 Å². The van der Waals surface area contributed by atoms with Gasteiger partial charge in [-0.2, -0.15) is 4.98 Å². The molecule has 1 N–H and O–H groups in total. The molecule has 4 nitrogen and oxygen atoms in total.